The lowest BCUT2D eigenvalue weighted by molar-refractivity contribution is -0.171. The number of carboxylic acid groups (broad SMARTS) is 1. The van der Waals surface area contributed by atoms with Crippen molar-refractivity contribution in [2.45, 2.75) is 63.0 Å². The predicted molar refractivity (Wildman–Crippen MR) is 161 cm³/mol. The molecule has 1 N–H and O–H groups in total. The molecule has 0 bridgehead atoms. The van der Waals surface area contributed by atoms with Gasteiger partial charge < -0.3 is 38.4 Å². The lowest BCUT2D eigenvalue weighted by Crippen LogP contribution is -2.67. The molecule has 0 saturated carbocycles. The number of aliphatic carboxylic acids is 1. The molecule has 0 radical (unpaired) electrons. The van der Waals surface area contributed by atoms with Crippen LogP contribution in [-0.2, 0) is 9.59 Å². The third-order valence-electron chi connectivity index (χ3n) is 8.68. The summed E-state index contributed by atoms with van der Waals surface area (Å²) in [6.45, 7) is 2.01. The van der Waals surface area contributed by atoms with Crippen LogP contribution in [0.4, 0.5) is 0 Å². The molecule has 43 heavy (non-hydrogen) atoms. The lowest BCUT2D eigenvalue weighted by atomic mass is 9.76. The van der Waals surface area contributed by atoms with Crippen LogP contribution in [0.5, 0.6) is 34.5 Å². The number of piperidine rings is 1. The first-order valence-electron chi connectivity index (χ1n) is 14.7. The number of hydrogen-bond acceptors (Lipinski definition) is 8. The van der Waals surface area contributed by atoms with Crippen molar-refractivity contribution in [2.75, 3.05) is 42.1 Å². The van der Waals surface area contributed by atoms with Gasteiger partial charge in [0.15, 0.2) is 28.5 Å². The summed E-state index contributed by atoms with van der Waals surface area (Å²) in [7, 11) is 7.66. The highest BCUT2D eigenvalue weighted by Crippen LogP contribution is 2.45. The monoisotopic (exact) mass is 597 g/mol. The molecule has 10 heteroatoms. The van der Waals surface area contributed by atoms with Crippen molar-refractivity contribution in [3.63, 3.8) is 0 Å². The second kappa shape index (κ2) is 13.9. The molecule has 1 fully saturated rings. The third kappa shape index (κ3) is 6.19. The van der Waals surface area contributed by atoms with E-state index in [-0.39, 0.29) is 18.2 Å². The smallest absolute Gasteiger partial charge is 0.333 e. The molecular weight excluding hydrogens is 554 g/mol. The highest BCUT2D eigenvalue weighted by atomic mass is 16.5. The number of methoxy groups -OCH3 is 5. The molecule has 0 aromatic heterocycles. The predicted octanol–water partition coefficient (Wildman–Crippen LogP) is 5.47. The summed E-state index contributed by atoms with van der Waals surface area (Å²) in [5.41, 5.74) is -0.922. The van der Waals surface area contributed by atoms with Crippen LogP contribution in [-0.4, -0.2) is 75.6 Å². The molecule has 1 aliphatic carbocycles. The summed E-state index contributed by atoms with van der Waals surface area (Å²) in [6, 6.07) is 8.65. The van der Waals surface area contributed by atoms with Crippen LogP contribution >= 0.6 is 0 Å². The molecule has 10 nitrogen and oxygen atoms in total. The van der Waals surface area contributed by atoms with E-state index in [1.165, 1.54) is 35.5 Å². The summed E-state index contributed by atoms with van der Waals surface area (Å²) >= 11 is 0. The minimum absolute atomic E-state index is 0.139. The average Bonchev–Trinajstić information content (AvgIpc) is 3.04. The lowest BCUT2D eigenvalue weighted by Gasteiger charge is -2.48. The molecule has 1 saturated heterocycles. The van der Waals surface area contributed by atoms with Gasteiger partial charge in [0.2, 0.25) is 11.7 Å². The van der Waals surface area contributed by atoms with E-state index in [0.717, 1.165) is 19.3 Å². The fourth-order valence-corrected chi connectivity index (χ4v) is 6.45. The Bertz CT molecular complexity index is 1300. The van der Waals surface area contributed by atoms with Crippen molar-refractivity contribution < 1.29 is 43.1 Å². The highest BCUT2D eigenvalue weighted by Gasteiger charge is 2.55. The van der Waals surface area contributed by atoms with Crippen LogP contribution in [0.1, 0.15) is 56.9 Å². The Labute approximate surface area is 253 Å². The molecule has 4 atom stereocenters. The summed E-state index contributed by atoms with van der Waals surface area (Å²) in [5.74, 6) is 0.514. The maximum Gasteiger partial charge on any atom is 0.333 e. The maximum atomic E-state index is 14.8. The van der Waals surface area contributed by atoms with E-state index in [4.69, 9.17) is 28.4 Å². The Morgan fingerprint density at radius 1 is 0.884 bits per heavy atom. The molecular formula is C33H43NO9. The van der Waals surface area contributed by atoms with E-state index in [0.29, 0.717) is 59.4 Å². The zero-order valence-corrected chi connectivity index (χ0v) is 25.9. The Kier molecular flexibility index (Phi) is 10.3. The van der Waals surface area contributed by atoms with Crippen LogP contribution in [0, 0.1) is 5.92 Å². The topological polar surface area (TPSA) is 113 Å². The molecule has 1 amide bonds. The first-order chi connectivity index (χ1) is 20.7. The average molecular weight is 598 g/mol. The van der Waals surface area contributed by atoms with Crippen molar-refractivity contribution in [3.05, 3.63) is 48.0 Å². The first kappa shape index (κ1) is 31.8. The molecule has 0 spiro atoms. The van der Waals surface area contributed by atoms with Crippen LogP contribution in [0.15, 0.2) is 42.5 Å². The number of amides is 1. The second-order valence-electron chi connectivity index (χ2n) is 10.9. The Morgan fingerprint density at radius 2 is 1.56 bits per heavy atom. The summed E-state index contributed by atoms with van der Waals surface area (Å²) in [4.78, 5) is 29.7. The van der Waals surface area contributed by atoms with E-state index in [9.17, 15) is 14.7 Å². The number of carboxylic acids is 1. The van der Waals surface area contributed by atoms with Crippen LogP contribution in [0.2, 0.25) is 0 Å². The van der Waals surface area contributed by atoms with Gasteiger partial charge in [0.25, 0.3) is 0 Å². The molecule has 4 rings (SSSR count). The van der Waals surface area contributed by atoms with Crippen molar-refractivity contribution in [2.24, 2.45) is 5.92 Å². The first-order valence-corrected chi connectivity index (χ1v) is 14.7. The van der Waals surface area contributed by atoms with E-state index in [1.807, 2.05) is 0 Å². The number of benzene rings is 2. The van der Waals surface area contributed by atoms with Gasteiger partial charge in [-0.3, -0.25) is 4.79 Å². The normalized spacial score (nSPS) is 21.3. The van der Waals surface area contributed by atoms with Gasteiger partial charge in [0.05, 0.1) is 41.5 Å². The molecule has 2 aromatic carbocycles. The van der Waals surface area contributed by atoms with E-state index >= 15 is 0 Å². The Balaban J connectivity index is 1.79. The summed E-state index contributed by atoms with van der Waals surface area (Å²) < 4.78 is 33.8. The number of ether oxygens (including phenoxy) is 6. The van der Waals surface area contributed by atoms with Crippen LogP contribution in [0.25, 0.3) is 0 Å². The number of hydrogen-bond donors (Lipinski definition) is 1. The SMILES string of the molecule is COc1ccc(OC(C)[C@]2(C(=O)O)CCCCN2C(=O)[C@H](c2cc(OC)c(OC)c(OC)c2)[C@H]2C=CCCC2)cc1OC. The van der Waals surface area contributed by atoms with Gasteiger partial charge in [-0.25, -0.2) is 4.79 Å². The molecule has 1 unspecified atom stereocenters. The van der Waals surface area contributed by atoms with Gasteiger partial charge in [-0.05, 0) is 81.2 Å². The second-order valence-corrected chi connectivity index (χ2v) is 10.9. The zero-order valence-electron chi connectivity index (χ0n) is 25.9. The molecule has 1 heterocycles. The number of rotatable bonds is 12. The van der Waals surface area contributed by atoms with Crippen molar-refractivity contribution >= 4 is 11.9 Å². The number of nitrogens with zero attached hydrogens (tertiary/aromatic N) is 1. The van der Waals surface area contributed by atoms with E-state index in [1.54, 1.807) is 42.2 Å². The molecule has 2 aromatic rings. The van der Waals surface area contributed by atoms with Crippen LogP contribution in [0.3, 0.4) is 0 Å². The van der Waals surface area contributed by atoms with Gasteiger partial charge in [-0.1, -0.05) is 12.2 Å². The molecule has 234 valence electrons. The van der Waals surface area contributed by atoms with Crippen molar-refractivity contribution in [1.82, 2.24) is 4.90 Å². The fourth-order valence-electron chi connectivity index (χ4n) is 6.45. The fraction of sp³-hybridized carbons (Fsp3) is 0.515. The van der Waals surface area contributed by atoms with Crippen molar-refractivity contribution in [1.29, 1.82) is 0 Å². The standard InChI is InChI=1S/C33H43NO9/c1-21(43-24-14-15-25(38-2)26(20-24)39-3)33(32(36)37)16-10-11-17-34(33)31(35)29(22-12-8-7-9-13-22)23-18-27(40-4)30(42-6)28(19-23)41-5/h8,12,14-15,18-22,29H,7,9-11,13,16-17H2,1-6H3,(H,36,37)/t21?,22-,29-,33-/m0/s1. The minimum Gasteiger partial charge on any atom is -0.493 e. The van der Waals surface area contributed by atoms with Gasteiger partial charge in [-0.15, -0.1) is 0 Å². The number of likely N-dealkylation sites (tertiary alicyclic amines) is 1. The third-order valence-corrected chi connectivity index (χ3v) is 8.68. The maximum absolute atomic E-state index is 14.8. The Morgan fingerprint density at radius 3 is 2.12 bits per heavy atom. The Hall–Kier alpha value is -4.08. The molecule has 1 aliphatic heterocycles. The zero-order chi connectivity index (χ0) is 31.1. The summed E-state index contributed by atoms with van der Waals surface area (Å²) in [5, 5.41) is 10.8. The van der Waals surface area contributed by atoms with Gasteiger partial charge in [0.1, 0.15) is 11.9 Å². The van der Waals surface area contributed by atoms with Crippen molar-refractivity contribution in [3.8, 4) is 34.5 Å². The largest absolute Gasteiger partial charge is 0.493 e. The number of carbonyl (C=O) groups excluding carboxylic acids is 1. The van der Waals surface area contributed by atoms with Gasteiger partial charge in [0, 0.05) is 12.6 Å². The van der Waals surface area contributed by atoms with E-state index < -0.39 is 23.5 Å². The number of carbonyl (C=O) groups is 2. The number of allylic oxidation sites excluding steroid dienone is 2. The molecule has 2 aliphatic rings. The summed E-state index contributed by atoms with van der Waals surface area (Å²) in [6.07, 6.45) is 7.53. The minimum atomic E-state index is -1.60. The highest BCUT2D eigenvalue weighted by molar-refractivity contribution is 5.92. The quantitative estimate of drug-likeness (QED) is 0.318. The van der Waals surface area contributed by atoms with Gasteiger partial charge in [-0.2, -0.15) is 0 Å². The van der Waals surface area contributed by atoms with Crippen LogP contribution < -0.4 is 28.4 Å². The van der Waals surface area contributed by atoms with E-state index in [2.05, 4.69) is 12.2 Å². The van der Waals surface area contributed by atoms with Gasteiger partial charge >= 0.3 is 5.97 Å².